The molecule has 7 nitrogen and oxygen atoms in total. The van der Waals surface area contributed by atoms with Crippen LogP contribution in [0, 0.1) is 5.92 Å². The van der Waals surface area contributed by atoms with E-state index < -0.39 is 12.1 Å². The summed E-state index contributed by atoms with van der Waals surface area (Å²) in [7, 11) is 0. The monoisotopic (exact) mass is 404 g/mol. The fourth-order valence-corrected chi connectivity index (χ4v) is 3.23. The van der Waals surface area contributed by atoms with Gasteiger partial charge in [-0.3, -0.25) is 14.4 Å². The number of nitrogens with one attached hydrogen (secondary N) is 1. The molecule has 1 aromatic carbocycles. The van der Waals surface area contributed by atoms with Crippen molar-refractivity contribution in [2.45, 2.75) is 65.5 Å². The van der Waals surface area contributed by atoms with E-state index in [9.17, 15) is 14.4 Å². The Balaban J connectivity index is 1.74. The number of hydrogen-bond donors (Lipinski definition) is 1. The molecule has 0 aromatic heterocycles. The Hall–Kier alpha value is -2.57. The van der Waals surface area contributed by atoms with Crippen LogP contribution < -0.4 is 15.0 Å². The molecule has 1 heterocycles. The summed E-state index contributed by atoms with van der Waals surface area (Å²) in [5.41, 5.74) is 0.636. The van der Waals surface area contributed by atoms with Gasteiger partial charge in [0.2, 0.25) is 0 Å². The highest BCUT2D eigenvalue weighted by Gasteiger charge is 2.31. The second-order valence-corrected chi connectivity index (χ2v) is 7.92. The van der Waals surface area contributed by atoms with E-state index in [0.29, 0.717) is 17.4 Å². The zero-order valence-corrected chi connectivity index (χ0v) is 17.8. The van der Waals surface area contributed by atoms with Gasteiger partial charge in [-0.15, -0.1) is 0 Å². The van der Waals surface area contributed by atoms with Crippen molar-refractivity contribution in [2.75, 3.05) is 18.1 Å². The van der Waals surface area contributed by atoms with Gasteiger partial charge in [-0.2, -0.15) is 0 Å². The smallest absolute Gasteiger partial charge is 0.308 e. The second kappa shape index (κ2) is 10.8. The van der Waals surface area contributed by atoms with Crippen LogP contribution in [0.4, 0.5) is 5.69 Å². The van der Waals surface area contributed by atoms with E-state index in [-0.39, 0.29) is 37.4 Å². The van der Waals surface area contributed by atoms with Gasteiger partial charge in [0.1, 0.15) is 5.75 Å². The highest BCUT2D eigenvalue weighted by Crippen LogP contribution is 2.33. The van der Waals surface area contributed by atoms with E-state index in [1.54, 1.807) is 19.1 Å². The first-order chi connectivity index (χ1) is 13.8. The van der Waals surface area contributed by atoms with Crippen LogP contribution in [0.5, 0.6) is 5.75 Å². The molecule has 1 aliphatic heterocycles. The number of anilines is 1. The van der Waals surface area contributed by atoms with Gasteiger partial charge >= 0.3 is 5.97 Å². The Kier molecular flexibility index (Phi) is 8.49. The number of carbonyl (C=O) groups excluding carboxylic acids is 3. The molecule has 160 valence electrons. The Morgan fingerprint density at radius 3 is 2.66 bits per heavy atom. The summed E-state index contributed by atoms with van der Waals surface area (Å²) in [5, 5.41) is 2.84. The third-order valence-corrected chi connectivity index (χ3v) is 4.80. The fourth-order valence-electron chi connectivity index (χ4n) is 3.23. The molecule has 1 N–H and O–H groups in total. The normalized spacial score (nSPS) is 16.8. The minimum atomic E-state index is -0.608. The minimum absolute atomic E-state index is 0.00398. The zero-order chi connectivity index (χ0) is 21.4. The van der Waals surface area contributed by atoms with Crippen molar-refractivity contribution in [1.82, 2.24) is 5.32 Å². The molecule has 0 saturated carbocycles. The molecule has 2 atom stereocenters. The van der Waals surface area contributed by atoms with Gasteiger partial charge in [0.25, 0.3) is 11.8 Å². The molecule has 29 heavy (non-hydrogen) atoms. The van der Waals surface area contributed by atoms with Crippen LogP contribution in [-0.4, -0.2) is 43.1 Å². The molecular formula is C22H32N2O5. The zero-order valence-electron chi connectivity index (χ0n) is 17.8. The number of fused-ring (bicyclic) bond motifs is 1. The van der Waals surface area contributed by atoms with Crippen molar-refractivity contribution < 1.29 is 23.9 Å². The van der Waals surface area contributed by atoms with E-state index in [4.69, 9.17) is 9.47 Å². The number of rotatable bonds is 10. The Morgan fingerprint density at radius 2 is 1.93 bits per heavy atom. The first-order valence-corrected chi connectivity index (χ1v) is 10.3. The molecule has 1 aromatic rings. The summed E-state index contributed by atoms with van der Waals surface area (Å²) in [4.78, 5) is 37.9. The van der Waals surface area contributed by atoms with Crippen LogP contribution in [-0.2, 0) is 19.1 Å². The van der Waals surface area contributed by atoms with Crippen LogP contribution in [0.1, 0.15) is 53.4 Å². The highest BCUT2D eigenvalue weighted by atomic mass is 16.5. The van der Waals surface area contributed by atoms with Crippen molar-refractivity contribution in [3.8, 4) is 5.75 Å². The van der Waals surface area contributed by atoms with Gasteiger partial charge in [0, 0.05) is 12.6 Å². The van der Waals surface area contributed by atoms with Crippen molar-refractivity contribution in [2.24, 2.45) is 5.92 Å². The van der Waals surface area contributed by atoms with E-state index in [2.05, 4.69) is 19.2 Å². The van der Waals surface area contributed by atoms with Crippen molar-refractivity contribution >= 4 is 23.5 Å². The third kappa shape index (κ3) is 7.07. The van der Waals surface area contributed by atoms with E-state index in [1.807, 2.05) is 19.1 Å². The van der Waals surface area contributed by atoms with E-state index >= 15 is 0 Å². The molecule has 2 amide bonds. The lowest BCUT2D eigenvalue weighted by molar-refractivity contribution is -0.148. The Bertz CT molecular complexity index is 719. The molecule has 7 heteroatoms. The average molecular weight is 405 g/mol. The molecule has 1 aliphatic rings. The number of esters is 1. The van der Waals surface area contributed by atoms with Gasteiger partial charge in [-0.25, -0.2) is 0 Å². The molecule has 0 radical (unpaired) electrons. The number of nitrogens with zero attached hydrogens (tertiary/aromatic N) is 1. The van der Waals surface area contributed by atoms with Crippen LogP contribution in [0.25, 0.3) is 0 Å². The van der Waals surface area contributed by atoms with E-state index in [0.717, 1.165) is 19.3 Å². The third-order valence-electron chi connectivity index (χ3n) is 4.80. The second-order valence-electron chi connectivity index (χ2n) is 7.92. The number of hydrogen-bond acceptors (Lipinski definition) is 5. The maximum Gasteiger partial charge on any atom is 0.308 e. The number of benzene rings is 1. The Morgan fingerprint density at radius 1 is 1.21 bits per heavy atom. The molecule has 2 rings (SSSR count). The molecule has 0 fully saturated rings. The lowest BCUT2D eigenvalue weighted by Gasteiger charge is -2.32. The predicted octanol–water partition coefficient (Wildman–Crippen LogP) is 3.06. The molecule has 0 spiro atoms. The quantitative estimate of drug-likeness (QED) is 0.606. The van der Waals surface area contributed by atoms with Gasteiger partial charge < -0.3 is 19.7 Å². The lowest BCUT2D eigenvalue weighted by Crippen LogP contribution is -2.45. The first kappa shape index (κ1) is 22.7. The molecule has 0 aliphatic carbocycles. The van der Waals surface area contributed by atoms with E-state index in [1.165, 1.54) is 4.90 Å². The minimum Gasteiger partial charge on any atom is -0.479 e. The molecule has 0 saturated heterocycles. The summed E-state index contributed by atoms with van der Waals surface area (Å²) < 4.78 is 10.6. The topological polar surface area (TPSA) is 84.9 Å². The number of carbonyl (C=O) groups is 3. The fraction of sp³-hybridized carbons (Fsp3) is 0.591. The van der Waals surface area contributed by atoms with Crippen LogP contribution in [0.3, 0.4) is 0 Å². The maximum absolute atomic E-state index is 12.4. The van der Waals surface area contributed by atoms with Crippen LogP contribution >= 0.6 is 0 Å². The molecular weight excluding hydrogens is 372 g/mol. The van der Waals surface area contributed by atoms with Crippen LogP contribution in [0.2, 0.25) is 0 Å². The van der Waals surface area contributed by atoms with Gasteiger partial charge in [-0.05, 0) is 38.3 Å². The van der Waals surface area contributed by atoms with Gasteiger partial charge in [0.15, 0.2) is 12.7 Å². The standard InChI is InChI=1S/C22H32N2O5/c1-15(2)8-7-9-16(3)23-20(25)14-28-21(26)12-13-24-18-10-5-6-11-19(18)29-17(4)22(24)27/h5-6,10-11,15-17H,7-9,12-14H2,1-4H3,(H,23,25). The summed E-state index contributed by atoms with van der Waals surface area (Å²) in [6.45, 7) is 7.84. The SMILES string of the molecule is CC(C)CCCC(C)NC(=O)COC(=O)CCN1C(=O)C(C)Oc2ccccc21. The number of ether oxygens (including phenoxy) is 2. The summed E-state index contributed by atoms with van der Waals surface area (Å²) in [6, 6.07) is 7.25. The van der Waals surface area contributed by atoms with Gasteiger partial charge in [-0.1, -0.05) is 38.8 Å². The number of para-hydroxylation sites is 2. The average Bonchev–Trinajstić information content (AvgIpc) is 2.66. The largest absolute Gasteiger partial charge is 0.479 e. The van der Waals surface area contributed by atoms with Crippen molar-refractivity contribution in [3.63, 3.8) is 0 Å². The summed E-state index contributed by atoms with van der Waals surface area (Å²) in [5.74, 6) is 0.226. The highest BCUT2D eigenvalue weighted by molar-refractivity contribution is 6.00. The maximum atomic E-state index is 12.4. The molecule has 0 bridgehead atoms. The Labute approximate surface area is 172 Å². The van der Waals surface area contributed by atoms with Gasteiger partial charge in [0.05, 0.1) is 12.1 Å². The van der Waals surface area contributed by atoms with Crippen LogP contribution in [0.15, 0.2) is 24.3 Å². The first-order valence-electron chi connectivity index (χ1n) is 10.3. The summed E-state index contributed by atoms with van der Waals surface area (Å²) in [6.07, 6.45) is 2.46. The lowest BCUT2D eigenvalue weighted by atomic mass is 10.0. The van der Waals surface area contributed by atoms with Crippen molar-refractivity contribution in [1.29, 1.82) is 0 Å². The predicted molar refractivity (Wildman–Crippen MR) is 111 cm³/mol. The number of amides is 2. The van der Waals surface area contributed by atoms with Crippen molar-refractivity contribution in [3.05, 3.63) is 24.3 Å². The summed E-state index contributed by atoms with van der Waals surface area (Å²) >= 11 is 0. The molecule has 2 unspecified atom stereocenters.